The molecule has 0 aromatic rings. The Labute approximate surface area is 189 Å². The first kappa shape index (κ1) is 25.7. The second kappa shape index (κ2) is 15.5. The summed E-state index contributed by atoms with van der Waals surface area (Å²) >= 11 is 0. The summed E-state index contributed by atoms with van der Waals surface area (Å²) < 4.78 is 1.41. The predicted molar refractivity (Wildman–Crippen MR) is 117 cm³/mol. The van der Waals surface area contributed by atoms with Crippen molar-refractivity contribution in [3.63, 3.8) is 0 Å². The van der Waals surface area contributed by atoms with E-state index in [4.69, 9.17) is 0 Å². The minimum Gasteiger partial charge on any atom is -1.00 e. The van der Waals surface area contributed by atoms with Crippen LogP contribution in [0, 0.1) is 11.8 Å². The van der Waals surface area contributed by atoms with Gasteiger partial charge in [-0.15, -0.1) is 0 Å². The lowest BCUT2D eigenvalue weighted by Gasteiger charge is -2.30. The summed E-state index contributed by atoms with van der Waals surface area (Å²) in [5.74, 6) is 2.17. The third-order valence-electron chi connectivity index (χ3n) is 7.47. The molecule has 1 saturated carbocycles. The van der Waals surface area contributed by atoms with Gasteiger partial charge in [0.05, 0.1) is 26.7 Å². The second-order valence-electron chi connectivity index (χ2n) is 10.1. The molecule has 0 radical (unpaired) electrons. The molecule has 0 bridgehead atoms. The summed E-state index contributed by atoms with van der Waals surface area (Å²) in [5.41, 5.74) is 0. The molecule has 0 spiro atoms. The van der Waals surface area contributed by atoms with Crippen molar-refractivity contribution in [1.82, 2.24) is 0 Å². The van der Waals surface area contributed by atoms with Gasteiger partial charge in [0.1, 0.15) is 0 Å². The van der Waals surface area contributed by atoms with E-state index in [-0.39, 0.29) is 24.0 Å². The van der Waals surface area contributed by atoms with Crippen molar-refractivity contribution in [2.45, 2.75) is 122 Å². The van der Waals surface area contributed by atoms with Crippen LogP contribution in [0.5, 0.6) is 0 Å². The Morgan fingerprint density at radius 1 is 0.593 bits per heavy atom. The zero-order chi connectivity index (χ0) is 18.5. The van der Waals surface area contributed by atoms with Gasteiger partial charge in [-0.2, -0.15) is 0 Å². The Balaban J connectivity index is 0.00000364. The Bertz CT molecular complexity index is 329. The van der Waals surface area contributed by atoms with Gasteiger partial charge < -0.3 is 28.5 Å². The van der Waals surface area contributed by atoms with E-state index in [0.29, 0.717) is 0 Å². The number of quaternary nitrogens is 1. The van der Waals surface area contributed by atoms with Crippen molar-refractivity contribution in [1.29, 1.82) is 0 Å². The van der Waals surface area contributed by atoms with E-state index in [9.17, 15) is 0 Å². The largest absolute Gasteiger partial charge is 1.00 e. The standard InChI is InChI=1S/C25H50N.HI/c1-3-4-5-6-7-8-9-10-11-12-13-14-15-18-21-26(2)22-24-19-16-17-20-25(24)23-26;/h24-25H,3-23H2,1-2H3;1H/q+1;/p-1. The number of nitrogens with zero attached hydrogens (tertiary/aromatic N) is 1. The first-order valence-corrected chi connectivity index (χ1v) is 12.6. The van der Waals surface area contributed by atoms with E-state index in [1.807, 2.05) is 0 Å². The molecule has 162 valence electrons. The molecule has 2 heteroatoms. The monoisotopic (exact) mass is 491 g/mol. The molecule has 1 nitrogen and oxygen atoms in total. The molecular formula is C25H50IN. The van der Waals surface area contributed by atoms with Gasteiger partial charge in [0.15, 0.2) is 0 Å². The van der Waals surface area contributed by atoms with Crippen LogP contribution in [0.1, 0.15) is 122 Å². The average molecular weight is 492 g/mol. The summed E-state index contributed by atoms with van der Waals surface area (Å²) in [6.45, 7) is 6.77. The van der Waals surface area contributed by atoms with Gasteiger partial charge in [-0.3, -0.25) is 0 Å². The highest BCUT2D eigenvalue weighted by atomic mass is 127. The van der Waals surface area contributed by atoms with Gasteiger partial charge in [0.2, 0.25) is 0 Å². The molecule has 1 heterocycles. The highest BCUT2D eigenvalue weighted by molar-refractivity contribution is 4.80. The number of halogens is 1. The van der Waals surface area contributed by atoms with E-state index < -0.39 is 0 Å². The van der Waals surface area contributed by atoms with Gasteiger partial charge >= 0.3 is 0 Å². The molecule has 2 fully saturated rings. The fraction of sp³-hybridized carbons (Fsp3) is 1.00. The molecule has 0 amide bonds. The van der Waals surface area contributed by atoms with Crippen LogP contribution >= 0.6 is 0 Å². The summed E-state index contributed by atoms with van der Waals surface area (Å²) in [5, 5.41) is 0. The summed E-state index contributed by atoms with van der Waals surface area (Å²) in [6.07, 6.45) is 26.8. The van der Waals surface area contributed by atoms with Crippen molar-refractivity contribution in [2.75, 3.05) is 26.7 Å². The maximum absolute atomic E-state index is 2.56. The van der Waals surface area contributed by atoms with Crippen molar-refractivity contribution in [3.05, 3.63) is 0 Å². The summed E-state index contributed by atoms with van der Waals surface area (Å²) in [7, 11) is 2.56. The molecule has 2 aliphatic rings. The van der Waals surface area contributed by atoms with E-state index in [1.165, 1.54) is 140 Å². The molecule has 2 atom stereocenters. The Morgan fingerprint density at radius 2 is 0.963 bits per heavy atom. The van der Waals surface area contributed by atoms with Crippen molar-refractivity contribution >= 4 is 0 Å². The van der Waals surface area contributed by atoms with Crippen molar-refractivity contribution in [2.24, 2.45) is 11.8 Å². The predicted octanol–water partition coefficient (Wildman–Crippen LogP) is 4.74. The van der Waals surface area contributed by atoms with Crippen LogP contribution in [0.15, 0.2) is 0 Å². The zero-order valence-corrected chi connectivity index (χ0v) is 21.0. The molecule has 27 heavy (non-hydrogen) atoms. The first-order chi connectivity index (χ1) is 12.7. The quantitative estimate of drug-likeness (QED) is 0.176. The minimum absolute atomic E-state index is 0. The van der Waals surface area contributed by atoms with Crippen LogP contribution in [0.25, 0.3) is 0 Å². The molecule has 2 unspecified atom stereocenters. The highest BCUT2D eigenvalue weighted by Crippen LogP contribution is 2.39. The topological polar surface area (TPSA) is 0 Å². The van der Waals surface area contributed by atoms with Crippen LogP contribution in [-0.2, 0) is 0 Å². The fourth-order valence-corrected chi connectivity index (χ4v) is 5.84. The summed E-state index contributed by atoms with van der Waals surface area (Å²) in [6, 6.07) is 0. The molecule has 1 saturated heterocycles. The maximum Gasteiger partial charge on any atom is 0.0818 e. The number of hydrogen-bond donors (Lipinski definition) is 0. The zero-order valence-electron chi connectivity index (χ0n) is 18.8. The number of unbranched alkanes of at least 4 members (excludes halogenated alkanes) is 13. The molecular weight excluding hydrogens is 441 g/mol. The lowest BCUT2D eigenvalue weighted by atomic mass is 9.82. The Hall–Kier alpha value is 0.690. The molecule has 2 rings (SSSR count). The third-order valence-corrected chi connectivity index (χ3v) is 7.47. The second-order valence-corrected chi connectivity index (χ2v) is 10.1. The van der Waals surface area contributed by atoms with Crippen LogP contribution in [0.3, 0.4) is 0 Å². The molecule has 0 aromatic heterocycles. The van der Waals surface area contributed by atoms with Gasteiger partial charge in [-0.05, 0) is 25.7 Å². The summed E-state index contributed by atoms with van der Waals surface area (Å²) in [4.78, 5) is 0. The van der Waals surface area contributed by atoms with Crippen LogP contribution in [-0.4, -0.2) is 31.2 Å². The normalized spacial score (nSPS) is 27.3. The van der Waals surface area contributed by atoms with Crippen LogP contribution < -0.4 is 24.0 Å². The molecule has 0 N–H and O–H groups in total. The van der Waals surface area contributed by atoms with Gasteiger partial charge in [-0.1, -0.05) is 96.8 Å². The first-order valence-electron chi connectivity index (χ1n) is 12.6. The van der Waals surface area contributed by atoms with Crippen LogP contribution in [0.4, 0.5) is 0 Å². The van der Waals surface area contributed by atoms with Gasteiger partial charge in [0.25, 0.3) is 0 Å². The third kappa shape index (κ3) is 10.9. The fourth-order valence-electron chi connectivity index (χ4n) is 5.84. The number of likely N-dealkylation sites (tertiary alicyclic amines) is 1. The van der Waals surface area contributed by atoms with E-state index >= 15 is 0 Å². The van der Waals surface area contributed by atoms with Crippen LogP contribution in [0.2, 0.25) is 0 Å². The molecule has 1 aliphatic heterocycles. The molecule has 1 aliphatic carbocycles. The minimum atomic E-state index is 0. The lowest BCUT2D eigenvalue weighted by Crippen LogP contribution is -3.00. The van der Waals surface area contributed by atoms with E-state index in [0.717, 1.165) is 11.8 Å². The van der Waals surface area contributed by atoms with E-state index in [2.05, 4.69) is 14.0 Å². The average Bonchev–Trinajstić information content (AvgIpc) is 2.98. The highest BCUT2D eigenvalue weighted by Gasteiger charge is 2.42. The Morgan fingerprint density at radius 3 is 1.37 bits per heavy atom. The number of rotatable bonds is 15. The van der Waals surface area contributed by atoms with Crippen molar-refractivity contribution < 1.29 is 28.5 Å². The molecule has 0 aromatic carbocycles. The maximum atomic E-state index is 2.56. The van der Waals surface area contributed by atoms with Crippen molar-refractivity contribution in [3.8, 4) is 0 Å². The van der Waals surface area contributed by atoms with Gasteiger partial charge in [-0.25, -0.2) is 0 Å². The Kier molecular flexibility index (Phi) is 14.8. The number of fused-ring (bicyclic) bond motifs is 1. The lowest BCUT2D eigenvalue weighted by molar-refractivity contribution is -0.900. The smallest absolute Gasteiger partial charge is 0.0818 e. The van der Waals surface area contributed by atoms with E-state index in [1.54, 1.807) is 0 Å². The van der Waals surface area contributed by atoms with Gasteiger partial charge in [0, 0.05) is 11.8 Å². The SMILES string of the molecule is CCCCCCCCCCCCCCCC[N+]1(C)CC2CCCCC2C1.[I-]. The number of hydrogen-bond acceptors (Lipinski definition) is 0.